The Hall–Kier alpha value is -1.67. The van der Waals surface area contributed by atoms with Crippen LogP contribution in [0.3, 0.4) is 0 Å². The Bertz CT molecular complexity index is 671. The highest BCUT2D eigenvalue weighted by atomic mass is 16.5. The molecule has 174 valence electrons. The second-order valence-electron chi connectivity index (χ2n) is 9.28. The molecule has 2 fully saturated rings. The van der Waals surface area contributed by atoms with Gasteiger partial charge < -0.3 is 20.5 Å². The van der Waals surface area contributed by atoms with Crippen molar-refractivity contribution >= 4 is 5.96 Å². The average molecular weight is 432 g/mol. The van der Waals surface area contributed by atoms with Crippen LogP contribution in [0.15, 0.2) is 29.3 Å². The van der Waals surface area contributed by atoms with Gasteiger partial charge in [0.15, 0.2) is 5.96 Å². The van der Waals surface area contributed by atoms with Crippen LogP contribution in [-0.2, 0) is 17.8 Å². The molecule has 0 amide bonds. The third kappa shape index (κ3) is 8.41. The van der Waals surface area contributed by atoms with E-state index in [2.05, 4.69) is 63.5 Å². The van der Waals surface area contributed by atoms with Crippen LogP contribution in [0.2, 0.25) is 0 Å². The summed E-state index contributed by atoms with van der Waals surface area (Å²) in [4.78, 5) is 9.26. The number of aliphatic imine (C=N–C) groups is 1. The standard InChI is InChI=1S/C24H41N5O2/c1-19(2)16-29-12-13-31-23(18-29)15-27-24(25-3)26-14-20-4-6-21(7-5-20)17-28-10-8-22(30)9-11-28/h4-7,19,22-23,30H,8-18H2,1-3H3,(H2,25,26,27). The smallest absolute Gasteiger partial charge is 0.191 e. The van der Waals surface area contributed by atoms with Gasteiger partial charge in [0, 0.05) is 59.4 Å². The fourth-order valence-electron chi connectivity index (χ4n) is 4.30. The highest BCUT2D eigenvalue weighted by molar-refractivity contribution is 5.79. The number of nitrogens with one attached hydrogen (secondary N) is 2. The maximum Gasteiger partial charge on any atom is 0.191 e. The summed E-state index contributed by atoms with van der Waals surface area (Å²) in [7, 11) is 1.81. The summed E-state index contributed by atoms with van der Waals surface area (Å²) in [5, 5.41) is 16.5. The number of hydrogen-bond donors (Lipinski definition) is 3. The lowest BCUT2D eigenvalue weighted by Crippen LogP contribution is -2.50. The van der Waals surface area contributed by atoms with Crippen LogP contribution >= 0.6 is 0 Å². The van der Waals surface area contributed by atoms with Gasteiger partial charge in [-0.15, -0.1) is 0 Å². The minimum atomic E-state index is -0.114. The number of guanidine groups is 1. The molecule has 2 aliphatic heterocycles. The van der Waals surface area contributed by atoms with Gasteiger partial charge in [-0.05, 0) is 29.9 Å². The Morgan fingerprint density at radius 2 is 1.81 bits per heavy atom. The third-order valence-corrected chi connectivity index (χ3v) is 6.01. The Morgan fingerprint density at radius 1 is 1.10 bits per heavy atom. The number of piperidine rings is 1. The van der Waals surface area contributed by atoms with Crippen LogP contribution in [-0.4, -0.2) is 86.0 Å². The quantitative estimate of drug-likeness (QED) is 0.430. The van der Waals surface area contributed by atoms with E-state index < -0.39 is 0 Å². The van der Waals surface area contributed by atoms with Crippen LogP contribution in [0.4, 0.5) is 0 Å². The first kappa shape index (κ1) is 24.0. The lowest BCUT2D eigenvalue weighted by atomic mass is 10.1. The molecule has 0 aromatic heterocycles. The normalized spacial score (nSPS) is 22.1. The summed E-state index contributed by atoms with van der Waals surface area (Å²) in [6.07, 6.45) is 1.85. The number of aliphatic hydroxyl groups is 1. The molecule has 0 radical (unpaired) electrons. The zero-order valence-corrected chi connectivity index (χ0v) is 19.5. The van der Waals surface area contributed by atoms with E-state index in [-0.39, 0.29) is 12.2 Å². The van der Waals surface area contributed by atoms with Crippen molar-refractivity contribution < 1.29 is 9.84 Å². The molecule has 1 atom stereocenters. The molecule has 0 spiro atoms. The Morgan fingerprint density at radius 3 is 2.48 bits per heavy atom. The van der Waals surface area contributed by atoms with E-state index in [4.69, 9.17) is 4.74 Å². The molecule has 3 N–H and O–H groups in total. The summed E-state index contributed by atoms with van der Waals surface area (Å²) < 4.78 is 5.92. The second kappa shape index (κ2) is 12.4. The van der Waals surface area contributed by atoms with Gasteiger partial charge in [-0.25, -0.2) is 0 Å². The van der Waals surface area contributed by atoms with Crippen LogP contribution in [0.1, 0.15) is 37.8 Å². The molecule has 0 aliphatic carbocycles. The van der Waals surface area contributed by atoms with Crippen molar-refractivity contribution in [2.75, 3.05) is 52.9 Å². The van der Waals surface area contributed by atoms with Crippen molar-refractivity contribution in [2.24, 2.45) is 10.9 Å². The van der Waals surface area contributed by atoms with Gasteiger partial charge in [0.2, 0.25) is 0 Å². The first-order valence-corrected chi connectivity index (χ1v) is 11.8. The first-order chi connectivity index (χ1) is 15.0. The van der Waals surface area contributed by atoms with Crippen LogP contribution < -0.4 is 10.6 Å². The Kier molecular flexibility index (Phi) is 9.58. The number of likely N-dealkylation sites (tertiary alicyclic amines) is 1. The topological polar surface area (TPSA) is 72.4 Å². The van der Waals surface area contributed by atoms with Crippen molar-refractivity contribution in [2.45, 2.75) is 52.0 Å². The lowest BCUT2D eigenvalue weighted by Gasteiger charge is -2.34. The van der Waals surface area contributed by atoms with Crippen molar-refractivity contribution in [3.63, 3.8) is 0 Å². The summed E-state index contributed by atoms with van der Waals surface area (Å²) in [6, 6.07) is 8.78. The molecule has 2 aliphatic rings. The summed E-state index contributed by atoms with van der Waals surface area (Å²) >= 11 is 0. The molecule has 0 bridgehead atoms. The number of benzene rings is 1. The molecule has 7 heteroatoms. The summed E-state index contributed by atoms with van der Waals surface area (Å²) in [5.74, 6) is 1.49. The van der Waals surface area contributed by atoms with Crippen LogP contribution in [0, 0.1) is 5.92 Å². The summed E-state index contributed by atoms with van der Waals surface area (Å²) in [6.45, 7) is 12.9. The van der Waals surface area contributed by atoms with Gasteiger partial charge in [-0.2, -0.15) is 0 Å². The Labute approximate surface area is 187 Å². The number of aliphatic hydroxyl groups excluding tert-OH is 1. The van der Waals surface area contributed by atoms with E-state index in [0.29, 0.717) is 5.92 Å². The van der Waals surface area contributed by atoms with Crippen molar-refractivity contribution in [1.82, 2.24) is 20.4 Å². The molecule has 1 aromatic carbocycles. The molecule has 1 aromatic rings. The van der Waals surface area contributed by atoms with Crippen molar-refractivity contribution in [1.29, 1.82) is 0 Å². The van der Waals surface area contributed by atoms with Crippen LogP contribution in [0.5, 0.6) is 0 Å². The lowest BCUT2D eigenvalue weighted by molar-refractivity contribution is -0.0284. The Balaban J connectivity index is 1.38. The van der Waals surface area contributed by atoms with E-state index in [1.807, 2.05) is 0 Å². The molecular weight excluding hydrogens is 390 g/mol. The highest BCUT2D eigenvalue weighted by Crippen LogP contribution is 2.14. The van der Waals surface area contributed by atoms with Gasteiger partial charge in [-0.3, -0.25) is 14.8 Å². The number of rotatable bonds is 8. The molecule has 1 unspecified atom stereocenters. The van der Waals surface area contributed by atoms with Gasteiger partial charge in [-0.1, -0.05) is 38.1 Å². The van der Waals surface area contributed by atoms with Gasteiger partial charge in [0.25, 0.3) is 0 Å². The van der Waals surface area contributed by atoms with Gasteiger partial charge in [0.05, 0.1) is 18.8 Å². The van der Waals surface area contributed by atoms with Gasteiger partial charge in [0.1, 0.15) is 0 Å². The SMILES string of the molecule is CN=C(NCc1ccc(CN2CCC(O)CC2)cc1)NCC1CN(CC(C)C)CCO1. The van der Waals surface area contributed by atoms with E-state index >= 15 is 0 Å². The fraction of sp³-hybridized carbons (Fsp3) is 0.708. The zero-order chi connectivity index (χ0) is 22.1. The molecule has 3 rings (SSSR count). The summed E-state index contributed by atoms with van der Waals surface area (Å²) in [5.41, 5.74) is 2.56. The predicted octanol–water partition coefficient (Wildman–Crippen LogP) is 1.67. The van der Waals surface area contributed by atoms with E-state index in [1.54, 1.807) is 7.05 Å². The average Bonchev–Trinajstić information content (AvgIpc) is 2.76. The molecule has 2 heterocycles. The minimum absolute atomic E-state index is 0.114. The fourth-order valence-corrected chi connectivity index (χ4v) is 4.30. The molecule has 0 saturated carbocycles. The first-order valence-electron chi connectivity index (χ1n) is 11.8. The minimum Gasteiger partial charge on any atom is -0.393 e. The molecule has 31 heavy (non-hydrogen) atoms. The molecule has 7 nitrogen and oxygen atoms in total. The van der Waals surface area contributed by atoms with E-state index in [9.17, 15) is 5.11 Å². The van der Waals surface area contributed by atoms with E-state index in [1.165, 1.54) is 11.1 Å². The van der Waals surface area contributed by atoms with Crippen LogP contribution in [0.25, 0.3) is 0 Å². The zero-order valence-electron chi connectivity index (χ0n) is 19.5. The maximum absolute atomic E-state index is 9.65. The number of morpholine rings is 1. The third-order valence-electron chi connectivity index (χ3n) is 6.01. The largest absolute Gasteiger partial charge is 0.393 e. The number of nitrogens with zero attached hydrogens (tertiary/aromatic N) is 3. The molecular formula is C24H41N5O2. The maximum atomic E-state index is 9.65. The van der Waals surface area contributed by atoms with Crippen molar-refractivity contribution in [3.05, 3.63) is 35.4 Å². The monoisotopic (exact) mass is 431 g/mol. The van der Waals surface area contributed by atoms with E-state index in [0.717, 1.165) is 77.8 Å². The predicted molar refractivity (Wildman–Crippen MR) is 126 cm³/mol. The van der Waals surface area contributed by atoms with Gasteiger partial charge >= 0.3 is 0 Å². The highest BCUT2D eigenvalue weighted by Gasteiger charge is 2.21. The second-order valence-corrected chi connectivity index (χ2v) is 9.28. The van der Waals surface area contributed by atoms with Crippen molar-refractivity contribution in [3.8, 4) is 0 Å². The number of hydrogen-bond acceptors (Lipinski definition) is 5. The number of ether oxygens (including phenoxy) is 1. The molecule has 2 saturated heterocycles.